The van der Waals surface area contributed by atoms with Gasteiger partial charge in [0.1, 0.15) is 11.5 Å². The Labute approximate surface area is 157 Å². The van der Waals surface area contributed by atoms with Crippen LogP contribution in [0.25, 0.3) is 0 Å². The molecule has 0 unspecified atom stereocenters. The highest BCUT2D eigenvalue weighted by Gasteiger charge is 2.07. The molecule has 0 heterocycles. The van der Waals surface area contributed by atoms with Crippen LogP contribution in [0.5, 0.6) is 11.5 Å². The van der Waals surface area contributed by atoms with E-state index in [2.05, 4.69) is 26.5 Å². The van der Waals surface area contributed by atoms with Crippen molar-refractivity contribution >= 4 is 51.3 Å². The minimum absolute atomic E-state index is 0.101. The fourth-order valence-electron chi connectivity index (χ4n) is 1.75. The predicted molar refractivity (Wildman–Crippen MR) is 98.2 cm³/mol. The summed E-state index contributed by atoms with van der Waals surface area (Å²) in [6.45, 7) is 1.73. The number of aryl methyl sites for hydroxylation is 1. The molecule has 0 radical (unpaired) electrons. The number of amides is 1. The van der Waals surface area contributed by atoms with E-state index in [1.807, 2.05) is 19.1 Å². The molecule has 0 saturated heterocycles. The summed E-state index contributed by atoms with van der Waals surface area (Å²) in [5.41, 5.74) is 3.58. The first-order valence-corrected chi connectivity index (χ1v) is 8.30. The maximum Gasteiger partial charge on any atom is 0.277 e. The Morgan fingerprint density at radius 3 is 2.83 bits per heavy atom. The monoisotopic (exact) mass is 430 g/mol. The summed E-state index contributed by atoms with van der Waals surface area (Å²) in [5.74, 6) is -0.0332. The largest absolute Gasteiger partial charge is 0.506 e. The second-order valence-electron chi connectivity index (χ2n) is 4.82. The van der Waals surface area contributed by atoms with Crippen molar-refractivity contribution in [3.63, 3.8) is 0 Å². The molecule has 0 aliphatic carbocycles. The molecule has 0 fully saturated rings. The van der Waals surface area contributed by atoms with Crippen molar-refractivity contribution in [3.8, 4) is 11.5 Å². The maximum absolute atomic E-state index is 11.7. The lowest BCUT2D eigenvalue weighted by atomic mass is 10.2. The van der Waals surface area contributed by atoms with Gasteiger partial charge in [-0.25, -0.2) is 5.43 Å². The molecule has 0 saturated carbocycles. The molecule has 0 aliphatic heterocycles. The molecule has 2 aromatic rings. The third-order valence-corrected chi connectivity index (χ3v) is 4.35. The highest BCUT2D eigenvalue weighted by Crippen LogP contribution is 2.29. The van der Waals surface area contributed by atoms with Crippen LogP contribution in [0.4, 0.5) is 0 Å². The highest BCUT2D eigenvalue weighted by molar-refractivity contribution is 9.10. The molecular weight excluding hydrogens is 419 g/mol. The second-order valence-corrected chi connectivity index (χ2v) is 6.52. The highest BCUT2D eigenvalue weighted by atomic mass is 79.9. The van der Waals surface area contributed by atoms with Crippen LogP contribution in [0.15, 0.2) is 39.9 Å². The van der Waals surface area contributed by atoms with Gasteiger partial charge in [-0.2, -0.15) is 5.10 Å². The minimum atomic E-state index is -0.445. The first kappa shape index (κ1) is 18.6. The van der Waals surface area contributed by atoms with Gasteiger partial charge < -0.3 is 9.84 Å². The van der Waals surface area contributed by atoms with Crippen LogP contribution in [0, 0.1) is 6.92 Å². The SMILES string of the molecule is Cc1cc(OCC(=O)NN=Cc2cc(Cl)cc(Cl)c2O)ccc1Br. The van der Waals surface area contributed by atoms with Crippen LogP contribution in [0.3, 0.4) is 0 Å². The number of benzene rings is 2. The van der Waals surface area contributed by atoms with E-state index in [1.165, 1.54) is 18.3 Å². The van der Waals surface area contributed by atoms with E-state index in [1.54, 1.807) is 6.07 Å². The minimum Gasteiger partial charge on any atom is -0.506 e. The van der Waals surface area contributed by atoms with Crippen molar-refractivity contribution in [2.45, 2.75) is 6.92 Å². The van der Waals surface area contributed by atoms with E-state index < -0.39 is 5.91 Å². The molecule has 2 aromatic carbocycles. The molecule has 0 aromatic heterocycles. The van der Waals surface area contributed by atoms with Crippen LogP contribution >= 0.6 is 39.1 Å². The Hall–Kier alpha value is -1.76. The zero-order valence-electron chi connectivity index (χ0n) is 12.5. The zero-order valence-corrected chi connectivity index (χ0v) is 15.6. The molecule has 24 heavy (non-hydrogen) atoms. The van der Waals surface area contributed by atoms with Gasteiger partial charge in [-0.1, -0.05) is 39.1 Å². The molecule has 8 heteroatoms. The van der Waals surface area contributed by atoms with Crippen LogP contribution in [-0.4, -0.2) is 23.8 Å². The van der Waals surface area contributed by atoms with E-state index in [4.69, 9.17) is 27.9 Å². The van der Waals surface area contributed by atoms with Gasteiger partial charge in [0.05, 0.1) is 11.2 Å². The average Bonchev–Trinajstić information content (AvgIpc) is 2.53. The zero-order chi connectivity index (χ0) is 17.7. The Morgan fingerprint density at radius 2 is 2.12 bits per heavy atom. The summed E-state index contributed by atoms with van der Waals surface area (Å²) in [6.07, 6.45) is 1.24. The number of rotatable bonds is 5. The van der Waals surface area contributed by atoms with Gasteiger partial charge in [-0.05, 0) is 42.8 Å². The van der Waals surface area contributed by atoms with Gasteiger partial charge in [0, 0.05) is 15.1 Å². The van der Waals surface area contributed by atoms with Crippen molar-refractivity contribution in [1.29, 1.82) is 0 Å². The van der Waals surface area contributed by atoms with Crippen molar-refractivity contribution in [3.05, 3.63) is 56.0 Å². The first-order valence-electron chi connectivity index (χ1n) is 6.75. The molecule has 0 atom stereocenters. The van der Waals surface area contributed by atoms with Gasteiger partial charge in [0.25, 0.3) is 5.91 Å². The van der Waals surface area contributed by atoms with Crippen molar-refractivity contribution < 1.29 is 14.6 Å². The van der Waals surface area contributed by atoms with Crippen molar-refractivity contribution in [1.82, 2.24) is 5.43 Å². The number of carbonyl (C=O) groups excluding carboxylic acids is 1. The number of carbonyl (C=O) groups is 1. The average molecular weight is 432 g/mol. The number of hydrogen-bond donors (Lipinski definition) is 2. The van der Waals surface area contributed by atoms with E-state index in [-0.39, 0.29) is 22.9 Å². The van der Waals surface area contributed by atoms with E-state index >= 15 is 0 Å². The number of ether oxygens (including phenoxy) is 1. The lowest BCUT2D eigenvalue weighted by Crippen LogP contribution is -2.24. The predicted octanol–water partition coefficient (Wildman–Crippen LogP) is 4.30. The fraction of sp³-hybridized carbons (Fsp3) is 0.125. The lowest BCUT2D eigenvalue weighted by molar-refractivity contribution is -0.123. The van der Waals surface area contributed by atoms with Crippen molar-refractivity contribution in [2.24, 2.45) is 5.10 Å². The quantitative estimate of drug-likeness (QED) is 0.547. The van der Waals surface area contributed by atoms with E-state index in [9.17, 15) is 9.90 Å². The smallest absolute Gasteiger partial charge is 0.277 e. The molecule has 126 valence electrons. The summed E-state index contributed by atoms with van der Waals surface area (Å²) < 4.78 is 6.33. The first-order chi connectivity index (χ1) is 11.4. The number of aromatic hydroxyl groups is 1. The maximum atomic E-state index is 11.7. The van der Waals surface area contributed by atoms with Gasteiger partial charge >= 0.3 is 0 Å². The molecule has 0 aliphatic rings. The fourth-order valence-corrected chi connectivity index (χ4v) is 2.50. The Balaban J connectivity index is 1.90. The molecule has 1 amide bonds. The van der Waals surface area contributed by atoms with Gasteiger partial charge in [-0.3, -0.25) is 4.79 Å². The number of halogens is 3. The standard InChI is InChI=1S/C16H13BrCl2N2O3/c1-9-4-12(2-3-13(9)17)24-8-15(22)21-20-7-10-5-11(18)6-14(19)16(10)23/h2-7,23H,8H2,1H3,(H,21,22). The summed E-state index contributed by atoms with van der Waals surface area (Å²) >= 11 is 15.0. The number of hydrazone groups is 1. The van der Waals surface area contributed by atoms with E-state index in [0.717, 1.165) is 10.0 Å². The molecule has 2 rings (SSSR count). The molecule has 2 N–H and O–H groups in total. The van der Waals surface area contributed by atoms with Gasteiger partial charge in [-0.15, -0.1) is 0 Å². The third kappa shape index (κ3) is 5.12. The normalized spacial score (nSPS) is 10.8. The van der Waals surface area contributed by atoms with Gasteiger partial charge in [0.2, 0.25) is 0 Å². The Bertz CT molecular complexity index is 797. The number of nitrogens with zero attached hydrogens (tertiary/aromatic N) is 1. The van der Waals surface area contributed by atoms with Crippen LogP contribution < -0.4 is 10.2 Å². The van der Waals surface area contributed by atoms with E-state index in [0.29, 0.717) is 10.8 Å². The molecule has 5 nitrogen and oxygen atoms in total. The summed E-state index contributed by atoms with van der Waals surface area (Å²) in [5, 5.41) is 14.0. The number of nitrogens with one attached hydrogen (secondary N) is 1. The molecule has 0 spiro atoms. The topological polar surface area (TPSA) is 70.9 Å². The second kappa shape index (κ2) is 8.37. The Morgan fingerprint density at radius 1 is 1.38 bits per heavy atom. The van der Waals surface area contributed by atoms with Crippen molar-refractivity contribution in [2.75, 3.05) is 6.61 Å². The number of hydrogen-bond acceptors (Lipinski definition) is 4. The lowest BCUT2D eigenvalue weighted by Gasteiger charge is -2.07. The number of phenols is 1. The molecule has 0 bridgehead atoms. The van der Waals surface area contributed by atoms with Crippen LogP contribution in [0.1, 0.15) is 11.1 Å². The van der Waals surface area contributed by atoms with Crippen LogP contribution in [0.2, 0.25) is 10.0 Å². The Kier molecular flexibility index (Phi) is 6.48. The summed E-state index contributed by atoms with van der Waals surface area (Å²) in [4.78, 5) is 11.7. The van der Waals surface area contributed by atoms with Gasteiger partial charge in [0.15, 0.2) is 6.61 Å². The van der Waals surface area contributed by atoms with Crippen LogP contribution in [-0.2, 0) is 4.79 Å². The molecular formula is C16H13BrCl2N2O3. The summed E-state index contributed by atoms with van der Waals surface area (Å²) in [7, 11) is 0. The number of phenolic OH excluding ortho intramolecular Hbond substituents is 1. The summed E-state index contributed by atoms with van der Waals surface area (Å²) in [6, 6.07) is 8.28. The third-order valence-electron chi connectivity index (χ3n) is 2.95.